The summed E-state index contributed by atoms with van der Waals surface area (Å²) >= 11 is 0. The van der Waals surface area contributed by atoms with Gasteiger partial charge in [-0.3, -0.25) is 0 Å². The Morgan fingerprint density at radius 1 is 1.58 bits per heavy atom. The first kappa shape index (κ1) is 9.61. The molecule has 12 heavy (non-hydrogen) atoms. The second kappa shape index (κ2) is 5.22. The Balaban J connectivity index is 2.22. The molecule has 0 spiro atoms. The molecule has 1 heterocycles. The molecule has 2 unspecified atom stereocenters. The van der Waals surface area contributed by atoms with E-state index in [0.717, 1.165) is 18.8 Å². The lowest BCUT2D eigenvalue weighted by molar-refractivity contribution is 0.287. The van der Waals surface area contributed by atoms with E-state index in [2.05, 4.69) is 18.2 Å². The van der Waals surface area contributed by atoms with Crippen molar-refractivity contribution in [3.8, 4) is 12.3 Å². The van der Waals surface area contributed by atoms with Gasteiger partial charge in [0, 0.05) is 12.5 Å². The van der Waals surface area contributed by atoms with Gasteiger partial charge in [-0.2, -0.15) is 0 Å². The van der Waals surface area contributed by atoms with Crippen LogP contribution in [0, 0.1) is 18.3 Å². The van der Waals surface area contributed by atoms with Crippen LogP contribution in [0.25, 0.3) is 0 Å². The lowest BCUT2D eigenvalue weighted by Crippen LogP contribution is -2.37. The van der Waals surface area contributed by atoms with E-state index in [-0.39, 0.29) is 0 Å². The number of nitrogens with one attached hydrogen (secondary N) is 1. The van der Waals surface area contributed by atoms with Crippen LogP contribution in [-0.2, 0) is 0 Å². The average molecular weight is 165 g/mol. The molecule has 1 N–H and O–H groups in total. The van der Waals surface area contributed by atoms with E-state index >= 15 is 0 Å². The van der Waals surface area contributed by atoms with Gasteiger partial charge in [0.1, 0.15) is 0 Å². The fourth-order valence-corrected chi connectivity index (χ4v) is 1.94. The minimum atomic E-state index is 0.694. The summed E-state index contributed by atoms with van der Waals surface area (Å²) in [5.41, 5.74) is 0. The number of piperidine rings is 1. The van der Waals surface area contributed by atoms with Crippen molar-refractivity contribution in [2.24, 2.45) is 5.92 Å². The highest BCUT2D eigenvalue weighted by Gasteiger charge is 2.18. The Morgan fingerprint density at radius 3 is 3.08 bits per heavy atom. The van der Waals surface area contributed by atoms with Crippen molar-refractivity contribution in [3.63, 3.8) is 0 Å². The van der Waals surface area contributed by atoms with Crippen LogP contribution in [0.3, 0.4) is 0 Å². The normalized spacial score (nSPS) is 29.7. The molecule has 1 fully saturated rings. The molecule has 1 aliphatic heterocycles. The molecule has 68 valence electrons. The molecule has 0 aromatic heterocycles. The Kier molecular flexibility index (Phi) is 4.18. The van der Waals surface area contributed by atoms with Crippen molar-refractivity contribution in [3.05, 3.63) is 0 Å². The summed E-state index contributed by atoms with van der Waals surface area (Å²) < 4.78 is 0. The third-order valence-corrected chi connectivity index (χ3v) is 2.82. The van der Waals surface area contributed by atoms with E-state index in [1.54, 1.807) is 0 Å². The molecular weight excluding hydrogens is 146 g/mol. The summed E-state index contributed by atoms with van der Waals surface area (Å²) in [6, 6.07) is 0.694. The van der Waals surface area contributed by atoms with Gasteiger partial charge in [-0.25, -0.2) is 0 Å². The molecule has 1 saturated heterocycles. The zero-order chi connectivity index (χ0) is 8.81. The quantitative estimate of drug-likeness (QED) is 0.632. The Morgan fingerprint density at radius 2 is 2.42 bits per heavy atom. The zero-order valence-electron chi connectivity index (χ0n) is 7.97. The Hall–Kier alpha value is -0.480. The van der Waals surface area contributed by atoms with Gasteiger partial charge < -0.3 is 5.32 Å². The minimum absolute atomic E-state index is 0.694. The fraction of sp³-hybridized carbons (Fsp3) is 0.818. The fourth-order valence-electron chi connectivity index (χ4n) is 1.94. The first-order chi connectivity index (χ1) is 5.86. The summed E-state index contributed by atoms with van der Waals surface area (Å²) in [5.74, 6) is 3.65. The highest BCUT2D eigenvalue weighted by Crippen LogP contribution is 2.21. The van der Waals surface area contributed by atoms with Gasteiger partial charge in [-0.05, 0) is 31.7 Å². The minimum Gasteiger partial charge on any atom is -0.314 e. The molecule has 0 amide bonds. The topological polar surface area (TPSA) is 12.0 Å². The van der Waals surface area contributed by atoms with Crippen molar-refractivity contribution in [1.29, 1.82) is 0 Å². The Labute approximate surface area is 75.9 Å². The molecule has 0 radical (unpaired) electrons. The molecule has 0 aliphatic carbocycles. The zero-order valence-corrected chi connectivity index (χ0v) is 7.97. The first-order valence-corrected chi connectivity index (χ1v) is 5.03. The third-order valence-electron chi connectivity index (χ3n) is 2.82. The first-order valence-electron chi connectivity index (χ1n) is 5.03. The van der Waals surface area contributed by atoms with E-state index < -0.39 is 0 Å². The predicted molar refractivity (Wildman–Crippen MR) is 52.9 cm³/mol. The van der Waals surface area contributed by atoms with Crippen LogP contribution in [0.1, 0.15) is 39.0 Å². The van der Waals surface area contributed by atoms with Gasteiger partial charge in [-0.1, -0.05) is 13.3 Å². The monoisotopic (exact) mass is 165 g/mol. The van der Waals surface area contributed by atoms with Crippen molar-refractivity contribution >= 4 is 0 Å². The number of hydrogen-bond donors (Lipinski definition) is 1. The van der Waals surface area contributed by atoms with Crippen LogP contribution < -0.4 is 5.32 Å². The van der Waals surface area contributed by atoms with E-state index in [9.17, 15) is 0 Å². The maximum atomic E-state index is 5.24. The summed E-state index contributed by atoms with van der Waals surface area (Å²) in [4.78, 5) is 0. The van der Waals surface area contributed by atoms with Crippen LogP contribution in [-0.4, -0.2) is 12.6 Å². The highest BCUT2D eigenvalue weighted by atomic mass is 14.9. The molecule has 1 nitrogen and oxygen atoms in total. The molecule has 1 heteroatoms. The average Bonchev–Trinajstić information content (AvgIpc) is 2.15. The van der Waals surface area contributed by atoms with E-state index in [1.165, 1.54) is 25.8 Å². The molecule has 1 rings (SSSR count). The number of hydrogen-bond acceptors (Lipinski definition) is 1. The van der Waals surface area contributed by atoms with E-state index in [4.69, 9.17) is 6.42 Å². The number of rotatable bonds is 3. The van der Waals surface area contributed by atoms with Crippen molar-refractivity contribution in [1.82, 2.24) is 5.32 Å². The molecule has 0 saturated carbocycles. The molecule has 0 bridgehead atoms. The lowest BCUT2D eigenvalue weighted by Gasteiger charge is -2.29. The summed E-state index contributed by atoms with van der Waals surface area (Å²) in [6.07, 6.45) is 11.3. The van der Waals surface area contributed by atoms with Gasteiger partial charge in [0.05, 0.1) is 0 Å². The van der Waals surface area contributed by atoms with Crippen LogP contribution in [0.15, 0.2) is 0 Å². The standard InChI is InChI=1S/C11H19N/c1-3-5-6-11-9-10(4-2)7-8-12-11/h1,10-12H,4-9H2,2H3. The highest BCUT2D eigenvalue weighted by molar-refractivity contribution is 4.87. The molecular formula is C11H19N. The van der Waals surface area contributed by atoms with Crippen molar-refractivity contribution in [2.75, 3.05) is 6.54 Å². The maximum Gasteiger partial charge on any atom is 0.0101 e. The summed E-state index contributed by atoms with van der Waals surface area (Å²) in [7, 11) is 0. The smallest absolute Gasteiger partial charge is 0.0101 e. The third kappa shape index (κ3) is 2.87. The summed E-state index contributed by atoms with van der Waals surface area (Å²) in [6.45, 7) is 3.47. The van der Waals surface area contributed by atoms with Crippen LogP contribution in [0.5, 0.6) is 0 Å². The lowest BCUT2D eigenvalue weighted by atomic mass is 9.89. The van der Waals surface area contributed by atoms with Crippen molar-refractivity contribution in [2.45, 2.75) is 45.1 Å². The largest absolute Gasteiger partial charge is 0.314 e. The van der Waals surface area contributed by atoms with Gasteiger partial charge in [0.2, 0.25) is 0 Å². The van der Waals surface area contributed by atoms with Gasteiger partial charge in [0.25, 0.3) is 0 Å². The number of terminal acetylenes is 1. The van der Waals surface area contributed by atoms with E-state index in [1.807, 2.05) is 0 Å². The maximum absolute atomic E-state index is 5.24. The van der Waals surface area contributed by atoms with E-state index in [0.29, 0.717) is 6.04 Å². The second-order valence-electron chi connectivity index (χ2n) is 3.69. The van der Waals surface area contributed by atoms with Gasteiger partial charge in [-0.15, -0.1) is 12.3 Å². The predicted octanol–water partition coefficient (Wildman–Crippen LogP) is 2.18. The molecule has 2 atom stereocenters. The SMILES string of the molecule is C#CCCC1CC(CC)CCN1. The molecule has 0 aromatic carbocycles. The summed E-state index contributed by atoms with van der Waals surface area (Å²) in [5, 5.41) is 3.52. The van der Waals surface area contributed by atoms with Crippen LogP contribution >= 0.6 is 0 Å². The van der Waals surface area contributed by atoms with Crippen LogP contribution in [0.4, 0.5) is 0 Å². The van der Waals surface area contributed by atoms with Crippen molar-refractivity contribution < 1.29 is 0 Å². The molecule has 0 aromatic rings. The van der Waals surface area contributed by atoms with Gasteiger partial charge >= 0.3 is 0 Å². The van der Waals surface area contributed by atoms with Gasteiger partial charge in [0.15, 0.2) is 0 Å². The second-order valence-corrected chi connectivity index (χ2v) is 3.69. The molecule has 1 aliphatic rings. The van der Waals surface area contributed by atoms with Crippen LogP contribution in [0.2, 0.25) is 0 Å². The Bertz CT molecular complexity index is 157.